The predicted octanol–water partition coefficient (Wildman–Crippen LogP) is 5.58. The van der Waals surface area contributed by atoms with Gasteiger partial charge in [-0.15, -0.1) is 0 Å². The number of aromatic nitrogens is 2. The topological polar surface area (TPSA) is 69.3 Å². The van der Waals surface area contributed by atoms with Gasteiger partial charge in [0.15, 0.2) is 11.3 Å². The van der Waals surface area contributed by atoms with Crippen molar-refractivity contribution in [3.8, 4) is 11.3 Å². The minimum atomic E-state index is -0.484. The van der Waals surface area contributed by atoms with E-state index in [0.717, 1.165) is 16.5 Å². The molecule has 2 aromatic carbocycles. The summed E-state index contributed by atoms with van der Waals surface area (Å²) < 4.78 is 20.1. The van der Waals surface area contributed by atoms with Crippen molar-refractivity contribution in [1.29, 1.82) is 0 Å². The Morgan fingerprint density at radius 1 is 1.18 bits per heavy atom. The lowest BCUT2D eigenvalue weighted by molar-refractivity contribution is 0.459. The molecule has 0 aliphatic heterocycles. The Labute approximate surface area is 168 Å². The number of fused-ring (bicyclic) bond motifs is 1. The summed E-state index contributed by atoms with van der Waals surface area (Å²) in [6.07, 6.45) is 0.236. The van der Waals surface area contributed by atoms with Crippen molar-refractivity contribution in [2.24, 2.45) is 5.73 Å². The van der Waals surface area contributed by atoms with E-state index in [1.54, 1.807) is 18.2 Å². The first-order valence-corrected chi connectivity index (χ1v) is 9.29. The van der Waals surface area contributed by atoms with E-state index in [2.05, 4.69) is 30.9 Å². The zero-order valence-corrected chi connectivity index (χ0v) is 16.1. The van der Waals surface area contributed by atoms with E-state index in [1.165, 1.54) is 6.07 Å². The quantitative estimate of drug-likeness (QED) is 0.334. The third-order valence-corrected chi connectivity index (χ3v) is 4.94. The standard InChI is InChI=1S/C21H14BrFN4O/c1-25-12-6-7-15-19(10-12)28-27-21(15)14-5-3-2-4-13(14)17(24)11-18-16(23)8-9-20(22)26-18/h2-10,17H,11,24H2/t17-/m0/s1. The fraction of sp³-hybridized carbons (Fsp3) is 0.0952. The largest absolute Gasteiger partial charge is 0.357 e. The van der Waals surface area contributed by atoms with Crippen LogP contribution in [0.1, 0.15) is 17.3 Å². The molecule has 0 amide bonds. The van der Waals surface area contributed by atoms with Crippen molar-refractivity contribution < 1.29 is 8.91 Å². The normalized spacial score (nSPS) is 12.1. The summed E-state index contributed by atoms with van der Waals surface area (Å²) in [5.41, 5.74) is 9.99. The van der Waals surface area contributed by atoms with E-state index in [-0.39, 0.29) is 6.42 Å². The zero-order valence-electron chi connectivity index (χ0n) is 14.6. The lowest BCUT2D eigenvalue weighted by atomic mass is 9.94. The first kappa shape index (κ1) is 18.3. The highest BCUT2D eigenvalue weighted by atomic mass is 79.9. The number of hydrogen-bond acceptors (Lipinski definition) is 4. The Balaban J connectivity index is 1.75. The van der Waals surface area contributed by atoms with E-state index in [9.17, 15) is 4.39 Å². The van der Waals surface area contributed by atoms with Gasteiger partial charge in [0.1, 0.15) is 16.1 Å². The highest BCUT2D eigenvalue weighted by Gasteiger charge is 2.19. The molecule has 1 atom stereocenters. The van der Waals surface area contributed by atoms with Gasteiger partial charge in [-0.25, -0.2) is 14.2 Å². The number of pyridine rings is 1. The maximum Gasteiger partial charge on any atom is 0.191 e. The van der Waals surface area contributed by atoms with Crippen LogP contribution < -0.4 is 5.73 Å². The molecule has 0 saturated heterocycles. The molecule has 138 valence electrons. The molecule has 0 saturated carbocycles. The van der Waals surface area contributed by atoms with E-state index in [1.807, 2.05) is 30.3 Å². The molecule has 28 heavy (non-hydrogen) atoms. The molecule has 0 aliphatic rings. The van der Waals surface area contributed by atoms with Crippen molar-refractivity contribution in [3.05, 3.63) is 87.7 Å². The predicted molar refractivity (Wildman–Crippen MR) is 108 cm³/mol. The molecule has 0 radical (unpaired) electrons. The molecule has 0 unspecified atom stereocenters. The Hall–Kier alpha value is -3.08. The Morgan fingerprint density at radius 3 is 2.82 bits per heavy atom. The van der Waals surface area contributed by atoms with Gasteiger partial charge in [-0.3, -0.25) is 0 Å². The van der Waals surface area contributed by atoms with Crippen LogP contribution in [0.2, 0.25) is 0 Å². The number of hydrogen-bond donors (Lipinski definition) is 1. The van der Waals surface area contributed by atoms with Gasteiger partial charge in [-0.1, -0.05) is 41.6 Å². The lowest BCUT2D eigenvalue weighted by Crippen LogP contribution is -2.16. The average molecular weight is 437 g/mol. The molecule has 0 aliphatic carbocycles. The third kappa shape index (κ3) is 3.40. The van der Waals surface area contributed by atoms with Crippen molar-refractivity contribution in [2.45, 2.75) is 12.5 Å². The molecule has 7 heteroatoms. The summed E-state index contributed by atoms with van der Waals surface area (Å²) >= 11 is 3.27. The van der Waals surface area contributed by atoms with Gasteiger partial charge >= 0.3 is 0 Å². The van der Waals surface area contributed by atoms with E-state index >= 15 is 0 Å². The molecular formula is C21H14BrFN4O. The van der Waals surface area contributed by atoms with E-state index < -0.39 is 11.9 Å². The van der Waals surface area contributed by atoms with Gasteiger partial charge in [-0.2, -0.15) is 0 Å². The van der Waals surface area contributed by atoms with Crippen molar-refractivity contribution in [3.63, 3.8) is 0 Å². The smallest absolute Gasteiger partial charge is 0.191 e. The van der Waals surface area contributed by atoms with E-state index in [0.29, 0.717) is 27.3 Å². The second-order valence-electron chi connectivity index (χ2n) is 6.28. The second-order valence-corrected chi connectivity index (χ2v) is 7.10. The molecule has 4 aromatic rings. The molecule has 2 N–H and O–H groups in total. The van der Waals surface area contributed by atoms with Gasteiger partial charge < -0.3 is 10.3 Å². The minimum Gasteiger partial charge on any atom is -0.357 e. The summed E-state index contributed by atoms with van der Waals surface area (Å²) in [6.45, 7) is 7.13. The number of benzene rings is 2. The van der Waals surface area contributed by atoms with Crippen molar-refractivity contribution >= 4 is 32.6 Å². The van der Waals surface area contributed by atoms with Crippen LogP contribution in [0.5, 0.6) is 0 Å². The van der Waals surface area contributed by atoms with Crippen LogP contribution in [-0.2, 0) is 6.42 Å². The summed E-state index contributed by atoms with van der Waals surface area (Å²) in [5, 5.41) is 4.98. The number of nitrogens with zero attached hydrogens (tertiary/aromatic N) is 3. The molecule has 0 bridgehead atoms. The fourth-order valence-corrected chi connectivity index (χ4v) is 3.49. The number of halogens is 2. The van der Waals surface area contributed by atoms with Crippen molar-refractivity contribution in [1.82, 2.24) is 10.1 Å². The Bertz CT molecular complexity index is 1210. The average Bonchev–Trinajstić information content (AvgIpc) is 3.13. The van der Waals surface area contributed by atoms with E-state index in [4.69, 9.17) is 16.8 Å². The SMILES string of the molecule is [C-]#[N+]c1ccc2c(-c3ccccc3[C@@H](N)Cc3nc(Br)ccc3F)noc2c1. The molecule has 4 rings (SSSR count). The summed E-state index contributed by atoms with van der Waals surface area (Å²) in [4.78, 5) is 7.61. The van der Waals surface area contributed by atoms with Crippen LogP contribution in [0.3, 0.4) is 0 Å². The molecule has 2 heterocycles. The molecule has 0 fully saturated rings. The number of rotatable bonds is 4. The highest BCUT2D eigenvalue weighted by Crippen LogP contribution is 2.34. The molecule has 5 nitrogen and oxygen atoms in total. The van der Waals surface area contributed by atoms with Crippen LogP contribution >= 0.6 is 15.9 Å². The second kappa shape index (κ2) is 7.50. The fourth-order valence-electron chi connectivity index (χ4n) is 3.15. The van der Waals surface area contributed by atoms with Gasteiger partial charge in [0.05, 0.1) is 12.3 Å². The zero-order chi connectivity index (χ0) is 19.7. The lowest BCUT2D eigenvalue weighted by Gasteiger charge is -2.16. The Kier molecular flexibility index (Phi) is 4.90. The van der Waals surface area contributed by atoms with Gasteiger partial charge in [0, 0.05) is 23.4 Å². The van der Waals surface area contributed by atoms with Gasteiger partial charge in [0.2, 0.25) is 0 Å². The first-order chi connectivity index (χ1) is 13.6. The monoisotopic (exact) mass is 436 g/mol. The van der Waals surface area contributed by atoms with Crippen LogP contribution in [0.4, 0.5) is 10.1 Å². The third-order valence-electron chi connectivity index (χ3n) is 4.50. The van der Waals surface area contributed by atoms with Crippen LogP contribution in [0, 0.1) is 12.4 Å². The maximum atomic E-state index is 14.1. The van der Waals surface area contributed by atoms with Gasteiger partial charge in [-0.05, 0) is 39.7 Å². The van der Waals surface area contributed by atoms with Gasteiger partial charge in [0.25, 0.3) is 0 Å². The Morgan fingerprint density at radius 2 is 2.00 bits per heavy atom. The molecule has 2 aromatic heterocycles. The maximum absolute atomic E-state index is 14.1. The van der Waals surface area contributed by atoms with Crippen LogP contribution in [-0.4, -0.2) is 10.1 Å². The van der Waals surface area contributed by atoms with Crippen molar-refractivity contribution in [2.75, 3.05) is 0 Å². The number of nitrogens with two attached hydrogens (primary N) is 1. The minimum absolute atomic E-state index is 0.236. The molecular weight excluding hydrogens is 423 g/mol. The summed E-state index contributed by atoms with van der Waals surface area (Å²) in [5.74, 6) is -0.394. The summed E-state index contributed by atoms with van der Waals surface area (Å²) in [7, 11) is 0. The first-order valence-electron chi connectivity index (χ1n) is 8.49. The highest BCUT2D eigenvalue weighted by molar-refractivity contribution is 9.10. The molecule has 0 spiro atoms. The summed E-state index contributed by atoms with van der Waals surface area (Å²) in [6, 6.07) is 15.2. The van der Waals surface area contributed by atoms with Crippen LogP contribution in [0.15, 0.2) is 63.7 Å². The van der Waals surface area contributed by atoms with Crippen LogP contribution in [0.25, 0.3) is 27.1 Å².